The smallest absolute Gasteiger partial charge is 0.184 e. The molecule has 4 rings (SSSR count). The number of oxime groups is 1. The van der Waals surface area contributed by atoms with Crippen molar-refractivity contribution in [2.75, 3.05) is 7.11 Å². The highest BCUT2D eigenvalue weighted by Crippen LogP contribution is 2.59. The lowest BCUT2D eigenvalue weighted by Crippen LogP contribution is -2.51. The molecule has 9 atom stereocenters. The van der Waals surface area contributed by atoms with Crippen LogP contribution in [-0.2, 0) is 13.7 Å². The van der Waals surface area contributed by atoms with Crippen molar-refractivity contribution in [2.45, 2.75) is 110 Å². The molecule has 4 aliphatic carbocycles. The van der Waals surface area contributed by atoms with Crippen molar-refractivity contribution in [1.29, 1.82) is 0 Å². The maximum absolute atomic E-state index is 6.60. The van der Waals surface area contributed by atoms with Gasteiger partial charge in [0.15, 0.2) is 16.6 Å². The molecule has 4 aliphatic rings. The van der Waals surface area contributed by atoms with E-state index < -0.39 is 16.6 Å². The average molecular weight is 480 g/mol. The van der Waals surface area contributed by atoms with Crippen LogP contribution in [0.1, 0.15) is 58.3 Å². The Balaban J connectivity index is 1.51. The molecule has 0 radical (unpaired) electrons. The molecular weight excluding hydrogens is 430 g/mol. The largest absolute Gasteiger partial charge is 0.415 e. The van der Waals surface area contributed by atoms with Crippen LogP contribution >= 0.6 is 0 Å². The summed E-state index contributed by atoms with van der Waals surface area (Å²) in [4.78, 5) is 5.47. The molecule has 184 valence electrons. The molecule has 6 unspecified atom stereocenters. The fourth-order valence-corrected chi connectivity index (χ4v) is 10.8. The minimum Gasteiger partial charge on any atom is -0.415 e. The maximum atomic E-state index is 6.60. The summed E-state index contributed by atoms with van der Waals surface area (Å²) in [6, 6.07) is 0. The Labute approximate surface area is 199 Å². The van der Waals surface area contributed by atoms with E-state index in [9.17, 15) is 0 Å². The van der Waals surface area contributed by atoms with Crippen molar-refractivity contribution >= 4 is 22.3 Å². The standard InChI is InChI=1S/C26H49NO3Si2/c1-17(29-31(3,4)5)20-13-14-22-23-11-9-18-15-19(30-32(6,7)8)10-12-21(18)26(23)25(27-28-2)16-24(20)22/h17-24,26H,9-16H2,1-8H3/b27-25+/t17-,18+,19+,20?,21?,22?,23?,24?,26?/m0/s1. The van der Waals surface area contributed by atoms with Crippen LogP contribution in [0.4, 0.5) is 0 Å². The summed E-state index contributed by atoms with van der Waals surface area (Å²) in [5.41, 5.74) is 1.39. The maximum Gasteiger partial charge on any atom is 0.184 e. The minimum atomic E-state index is -1.52. The number of hydrogen-bond donors (Lipinski definition) is 0. The van der Waals surface area contributed by atoms with E-state index in [0.717, 1.165) is 36.0 Å². The zero-order chi connectivity index (χ0) is 23.3. The van der Waals surface area contributed by atoms with Crippen molar-refractivity contribution in [3.8, 4) is 0 Å². The van der Waals surface area contributed by atoms with Crippen LogP contribution in [0.15, 0.2) is 5.16 Å². The fourth-order valence-electron chi connectivity index (χ4n) is 8.32. The summed E-state index contributed by atoms with van der Waals surface area (Å²) in [5.74, 6) is 5.35. The summed E-state index contributed by atoms with van der Waals surface area (Å²) < 4.78 is 13.2. The lowest BCUT2D eigenvalue weighted by molar-refractivity contribution is -0.0109. The second kappa shape index (κ2) is 9.46. The van der Waals surface area contributed by atoms with Gasteiger partial charge in [-0.25, -0.2) is 0 Å². The van der Waals surface area contributed by atoms with E-state index in [0.29, 0.717) is 24.0 Å². The Morgan fingerprint density at radius 1 is 0.812 bits per heavy atom. The Hall–Kier alpha value is -0.176. The second-order valence-corrected chi connectivity index (χ2v) is 22.3. The Bertz CT molecular complexity index is 686. The van der Waals surface area contributed by atoms with Gasteiger partial charge in [0.05, 0.1) is 5.71 Å². The Morgan fingerprint density at radius 2 is 1.50 bits per heavy atom. The van der Waals surface area contributed by atoms with Crippen molar-refractivity contribution in [1.82, 2.24) is 0 Å². The highest BCUT2D eigenvalue weighted by Gasteiger charge is 2.55. The zero-order valence-corrected chi connectivity index (χ0v) is 24.0. The lowest BCUT2D eigenvalue weighted by Gasteiger charge is -2.53. The number of nitrogens with zero attached hydrogens (tertiary/aromatic N) is 1. The monoisotopic (exact) mass is 479 g/mol. The summed E-state index contributed by atoms with van der Waals surface area (Å²) >= 11 is 0. The van der Waals surface area contributed by atoms with Crippen LogP contribution in [0.25, 0.3) is 0 Å². The van der Waals surface area contributed by atoms with Gasteiger partial charge in [-0.15, -0.1) is 0 Å². The van der Waals surface area contributed by atoms with Gasteiger partial charge in [-0.3, -0.25) is 0 Å². The number of hydrogen-bond acceptors (Lipinski definition) is 4. The molecule has 6 heteroatoms. The van der Waals surface area contributed by atoms with Gasteiger partial charge in [0.2, 0.25) is 0 Å². The highest BCUT2D eigenvalue weighted by atomic mass is 28.4. The molecular formula is C26H49NO3Si2. The van der Waals surface area contributed by atoms with Crippen LogP contribution in [0.3, 0.4) is 0 Å². The predicted octanol–water partition coefficient (Wildman–Crippen LogP) is 6.94. The van der Waals surface area contributed by atoms with Gasteiger partial charge in [0, 0.05) is 18.1 Å². The van der Waals surface area contributed by atoms with Crippen LogP contribution in [-0.4, -0.2) is 41.7 Å². The molecule has 4 nitrogen and oxygen atoms in total. The van der Waals surface area contributed by atoms with Crippen LogP contribution in [0.2, 0.25) is 39.3 Å². The zero-order valence-electron chi connectivity index (χ0n) is 22.0. The number of fused-ring (bicyclic) bond motifs is 5. The summed E-state index contributed by atoms with van der Waals surface area (Å²) in [7, 11) is -1.24. The van der Waals surface area contributed by atoms with E-state index in [4.69, 9.17) is 18.8 Å². The summed E-state index contributed by atoms with van der Waals surface area (Å²) in [6.07, 6.45) is 11.4. The van der Waals surface area contributed by atoms with E-state index in [1.54, 1.807) is 7.11 Å². The van der Waals surface area contributed by atoms with Gasteiger partial charge in [-0.2, -0.15) is 0 Å². The first-order chi connectivity index (χ1) is 15.0. The fraction of sp³-hybridized carbons (Fsp3) is 0.962. The molecule has 0 saturated heterocycles. The Kier molecular flexibility index (Phi) is 7.37. The van der Waals surface area contributed by atoms with E-state index in [2.05, 4.69) is 46.2 Å². The van der Waals surface area contributed by atoms with Crippen LogP contribution in [0.5, 0.6) is 0 Å². The van der Waals surface area contributed by atoms with E-state index in [1.165, 1.54) is 50.7 Å². The molecule has 0 spiro atoms. The molecule has 0 N–H and O–H groups in total. The molecule has 32 heavy (non-hydrogen) atoms. The summed E-state index contributed by atoms with van der Waals surface area (Å²) in [5, 5.41) is 4.73. The van der Waals surface area contributed by atoms with Crippen molar-refractivity contribution in [2.24, 2.45) is 46.6 Å². The van der Waals surface area contributed by atoms with E-state index >= 15 is 0 Å². The van der Waals surface area contributed by atoms with Crippen LogP contribution < -0.4 is 0 Å². The van der Waals surface area contributed by atoms with Crippen LogP contribution in [0, 0.1) is 41.4 Å². The highest BCUT2D eigenvalue weighted by molar-refractivity contribution is 6.70. The SMILES string of the molecule is CO/N=C1\CC2C(CCC2[C@H](C)O[Si](C)(C)C)C2CC[C@@H]3C[C@H](O[Si](C)(C)C)CCC3C12. The predicted molar refractivity (Wildman–Crippen MR) is 138 cm³/mol. The average Bonchev–Trinajstić information content (AvgIpc) is 3.09. The first-order valence-corrected chi connectivity index (χ1v) is 20.2. The molecule has 0 amide bonds. The molecule has 0 aromatic carbocycles. The van der Waals surface area contributed by atoms with E-state index in [1.807, 2.05) is 0 Å². The first kappa shape index (κ1) is 24.9. The molecule has 4 fully saturated rings. The normalized spacial score (nSPS) is 42.2. The molecule has 0 heterocycles. The molecule has 4 saturated carbocycles. The molecule has 0 bridgehead atoms. The van der Waals surface area contributed by atoms with Gasteiger partial charge in [-0.1, -0.05) is 5.16 Å². The third-order valence-electron chi connectivity index (χ3n) is 8.97. The van der Waals surface area contributed by atoms with Gasteiger partial charge < -0.3 is 13.7 Å². The third kappa shape index (κ3) is 5.39. The summed E-state index contributed by atoms with van der Waals surface area (Å²) in [6.45, 7) is 16.3. The molecule has 0 aromatic heterocycles. The van der Waals surface area contributed by atoms with Crippen molar-refractivity contribution in [3.05, 3.63) is 0 Å². The Morgan fingerprint density at radius 3 is 2.16 bits per heavy atom. The lowest BCUT2D eigenvalue weighted by atomic mass is 9.52. The van der Waals surface area contributed by atoms with Crippen molar-refractivity contribution in [3.63, 3.8) is 0 Å². The van der Waals surface area contributed by atoms with Gasteiger partial charge >= 0.3 is 0 Å². The number of rotatable bonds is 6. The first-order valence-electron chi connectivity index (χ1n) is 13.4. The quantitative estimate of drug-likeness (QED) is 0.306. The van der Waals surface area contributed by atoms with Gasteiger partial charge in [-0.05, 0) is 133 Å². The second-order valence-electron chi connectivity index (χ2n) is 13.3. The molecule has 0 aliphatic heterocycles. The third-order valence-corrected chi connectivity index (χ3v) is 11.1. The van der Waals surface area contributed by atoms with Gasteiger partial charge in [0.1, 0.15) is 7.11 Å². The van der Waals surface area contributed by atoms with Gasteiger partial charge in [0.25, 0.3) is 0 Å². The topological polar surface area (TPSA) is 40.0 Å². The van der Waals surface area contributed by atoms with Crippen molar-refractivity contribution < 1.29 is 13.7 Å². The van der Waals surface area contributed by atoms with E-state index in [-0.39, 0.29) is 0 Å². The molecule has 0 aromatic rings. The minimum absolute atomic E-state index is 0.377.